The number of para-hydroxylation sites is 1. The number of fused-ring (bicyclic) bond motifs is 1. The fourth-order valence-electron chi connectivity index (χ4n) is 2.25. The Bertz CT molecular complexity index is 811. The summed E-state index contributed by atoms with van der Waals surface area (Å²) in [5.74, 6) is 0.531. The monoisotopic (exact) mass is 344 g/mol. The molecule has 1 heterocycles. The summed E-state index contributed by atoms with van der Waals surface area (Å²) in [4.78, 5) is 19.4. The Morgan fingerprint density at radius 2 is 2.10 bits per heavy atom. The van der Waals surface area contributed by atoms with Crippen molar-refractivity contribution in [2.75, 3.05) is 7.11 Å². The number of hydrogen-bond acceptors (Lipinski definition) is 3. The lowest BCUT2D eigenvalue weighted by Crippen LogP contribution is -2.02. The van der Waals surface area contributed by atoms with E-state index in [0.29, 0.717) is 12.0 Å². The van der Waals surface area contributed by atoms with Gasteiger partial charge in [0, 0.05) is 10.9 Å². The molecule has 1 aromatic heterocycles. The van der Waals surface area contributed by atoms with Gasteiger partial charge in [-0.1, -0.05) is 18.2 Å². The maximum absolute atomic E-state index is 11.6. The van der Waals surface area contributed by atoms with Crippen LogP contribution in [-0.2, 0) is 11.2 Å². The number of carbonyl (C=O) groups excluding carboxylic acids is 1. The highest BCUT2D eigenvalue weighted by Gasteiger charge is 2.09. The summed E-state index contributed by atoms with van der Waals surface area (Å²) in [6.45, 7) is 0. The molecule has 0 unspecified atom stereocenters. The standard InChI is InChI=1S/C16H13BrN2O2/c1-21-16(20)11-5-2-4-10(8-11)9-14-18-13-7-3-6-12(17)15(13)19-14/h2-8H,9H2,1H3,(H,18,19). The lowest BCUT2D eigenvalue weighted by Gasteiger charge is -2.02. The van der Waals surface area contributed by atoms with Crippen molar-refractivity contribution in [2.24, 2.45) is 0 Å². The second-order valence-electron chi connectivity index (χ2n) is 4.69. The van der Waals surface area contributed by atoms with E-state index in [0.717, 1.165) is 26.9 Å². The zero-order chi connectivity index (χ0) is 14.8. The topological polar surface area (TPSA) is 55.0 Å². The van der Waals surface area contributed by atoms with E-state index in [1.807, 2.05) is 36.4 Å². The molecule has 1 N–H and O–H groups in total. The van der Waals surface area contributed by atoms with Crippen LogP contribution in [0.2, 0.25) is 0 Å². The zero-order valence-electron chi connectivity index (χ0n) is 11.4. The Morgan fingerprint density at radius 3 is 2.86 bits per heavy atom. The van der Waals surface area contributed by atoms with Gasteiger partial charge in [0.05, 0.1) is 18.2 Å². The maximum Gasteiger partial charge on any atom is 0.337 e. The molecule has 3 rings (SSSR count). The molecule has 0 amide bonds. The smallest absolute Gasteiger partial charge is 0.337 e. The summed E-state index contributed by atoms with van der Waals surface area (Å²) < 4.78 is 5.70. The number of rotatable bonds is 3. The van der Waals surface area contributed by atoms with Crippen molar-refractivity contribution in [3.63, 3.8) is 0 Å². The SMILES string of the molecule is COC(=O)c1cccc(Cc2nc3c(Br)cccc3[nH]2)c1. The van der Waals surface area contributed by atoms with Gasteiger partial charge in [0.1, 0.15) is 11.3 Å². The van der Waals surface area contributed by atoms with E-state index >= 15 is 0 Å². The quantitative estimate of drug-likeness (QED) is 0.737. The molecule has 2 aromatic carbocycles. The molecule has 0 aliphatic rings. The first-order chi connectivity index (χ1) is 10.2. The minimum atomic E-state index is -0.329. The van der Waals surface area contributed by atoms with E-state index in [9.17, 15) is 4.79 Å². The Morgan fingerprint density at radius 1 is 1.29 bits per heavy atom. The molecule has 21 heavy (non-hydrogen) atoms. The van der Waals surface area contributed by atoms with Gasteiger partial charge in [-0.05, 0) is 45.8 Å². The van der Waals surface area contributed by atoms with Crippen LogP contribution >= 0.6 is 15.9 Å². The molecule has 3 aromatic rings. The van der Waals surface area contributed by atoms with Crippen LogP contribution in [0.4, 0.5) is 0 Å². The highest BCUT2D eigenvalue weighted by Crippen LogP contribution is 2.22. The van der Waals surface area contributed by atoms with Crippen LogP contribution in [0.3, 0.4) is 0 Å². The third-order valence-corrected chi connectivity index (χ3v) is 3.87. The first-order valence-electron chi connectivity index (χ1n) is 6.48. The molecule has 0 fully saturated rings. The van der Waals surface area contributed by atoms with Gasteiger partial charge in [-0.2, -0.15) is 0 Å². The average molecular weight is 345 g/mol. The molecule has 0 radical (unpaired) electrons. The number of nitrogens with one attached hydrogen (secondary N) is 1. The first-order valence-corrected chi connectivity index (χ1v) is 7.27. The number of methoxy groups -OCH3 is 1. The van der Waals surface area contributed by atoms with Crippen LogP contribution in [0.5, 0.6) is 0 Å². The van der Waals surface area contributed by atoms with Crippen molar-refractivity contribution >= 4 is 32.9 Å². The van der Waals surface area contributed by atoms with Gasteiger partial charge in [0.25, 0.3) is 0 Å². The zero-order valence-corrected chi connectivity index (χ0v) is 13.0. The molecule has 0 atom stereocenters. The average Bonchev–Trinajstić information content (AvgIpc) is 2.90. The van der Waals surface area contributed by atoms with Gasteiger partial charge in [0.15, 0.2) is 0 Å². The summed E-state index contributed by atoms with van der Waals surface area (Å²) in [6.07, 6.45) is 0.631. The number of nitrogens with zero attached hydrogens (tertiary/aromatic N) is 1. The second kappa shape index (κ2) is 5.69. The normalized spacial score (nSPS) is 10.8. The summed E-state index contributed by atoms with van der Waals surface area (Å²) in [7, 11) is 1.38. The number of aromatic nitrogens is 2. The highest BCUT2D eigenvalue weighted by atomic mass is 79.9. The minimum Gasteiger partial charge on any atom is -0.465 e. The molecular weight excluding hydrogens is 332 g/mol. The predicted molar refractivity (Wildman–Crippen MR) is 84.4 cm³/mol. The van der Waals surface area contributed by atoms with Crippen LogP contribution in [0, 0.1) is 0 Å². The summed E-state index contributed by atoms with van der Waals surface area (Å²) >= 11 is 3.49. The minimum absolute atomic E-state index is 0.329. The largest absolute Gasteiger partial charge is 0.465 e. The van der Waals surface area contributed by atoms with E-state index in [4.69, 9.17) is 4.74 Å². The van der Waals surface area contributed by atoms with E-state index in [2.05, 4.69) is 25.9 Å². The molecule has 0 bridgehead atoms. The van der Waals surface area contributed by atoms with Crippen molar-refractivity contribution < 1.29 is 9.53 Å². The van der Waals surface area contributed by atoms with E-state index in [1.165, 1.54) is 7.11 Å². The Labute approximate surface area is 130 Å². The van der Waals surface area contributed by atoms with Crippen LogP contribution in [0.15, 0.2) is 46.9 Å². The van der Waals surface area contributed by atoms with Gasteiger partial charge in [-0.25, -0.2) is 9.78 Å². The molecule has 5 heteroatoms. The number of esters is 1. The van der Waals surface area contributed by atoms with Crippen molar-refractivity contribution in [1.82, 2.24) is 9.97 Å². The molecule has 0 spiro atoms. The molecule has 4 nitrogen and oxygen atoms in total. The molecule has 106 valence electrons. The van der Waals surface area contributed by atoms with Crippen LogP contribution < -0.4 is 0 Å². The van der Waals surface area contributed by atoms with Crippen LogP contribution in [0.1, 0.15) is 21.7 Å². The van der Waals surface area contributed by atoms with Gasteiger partial charge in [-0.15, -0.1) is 0 Å². The van der Waals surface area contributed by atoms with E-state index in [1.54, 1.807) is 6.07 Å². The van der Waals surface area contributed by atoms with Crippen molar-refractivity contribution in [2.45, 2.75) is 6.42 Å². The number of hydrogen-bond donors (Lipinski definition) is 1. The van der Waals surface area contributed by atoms with Crippen molar-refractivity contribution in [3.8, 4) is 0 Å². The molecule has 0 saturated heterocycles. The molecule has 0 saturated carbocycles. The fourth-order valence-corrected chi connectivity index (χ4v) is 2.71. The van der Waals surface area contributed by atoms with E-state index in [-0.39, 0.29) is 5.97 Å². The number of halogens is 1. The Hall–Kier alpha value is -2.14. The van der Waals surface area contributed by atoms with Gasteiger partial charge in [-0.3, -0.25) is 0 Å². The highest BCUT2D eigenvalue weighted by molar-refractivity contribution is 9.10. The lowest BCUT2D eigenvalue weighted by molar-refractivity contribution is 0.0600. The molecule has 0 aliphatic carbocycles. The number of benzene rings is 2. The second-order valence-corrected chi connectivity index (χ2v) is 5.54. The summed E-state index contributed by atoms with van der Waals surface area (Å²) in [6, 6.07) is 13.3. The predicted octanol–water partition coefficient (Wildman–Crippen LogP) is 3.70. The van der Waals surface area contributed by atoms with Gasteiger partial charge < -0.3 is 9.72 Å². The summed E-state index contributed by atoms with van der Waals surface area (Å²) in [5, 5.41) is 0. The molecule has 0 aliphatic heterocycles. The number of ether oxygens (including phenoxy) is 1. The first kappa shape index (κ1) is 13.8. The van der Waals surface area contributed by atoms with Gasteiger partial charge in [0.2, 0.25) is 0 Å². The number of carbonyl (C=O) groups is 1. The summed E-state index contributed by atoms with van der Waals surface area (Å²) in [5.41, 5.74) is 3.46. The number of imidazole rings is 1. The molecular formula is C16H13BrN2O2. The number of aromatic amines is 1. The van der Waals surface area contributed by atoms with Crippen LogP contribution in [-0.4, -0.2) is 23.0 Å². The maximum atomic E-state index is 11.6. The van der Waals surface area contributed by atoms with Crippen molar-refractivity contribution in [3.05, 3.63) is 63.9 Å². The van der Waals surface area contributed by atoms with Crippen molar-refractivity contribution in [1.29, 1.82) is 0 Å². The third-order valence-electron chi connectivity index (χ3n) is 3.23. The number of H-pyrrole nitrogens is 1. The third kappa shape index (κ3) is 2.83. The van der Waals surface area contributed by atoms with Gasteiger partial charge >= 0.3 is 5.97 Å². The van der Waals surface area contributed by atoms with Crippen LogP contribution in [0.25, 0.3) is 11.0 Å². The Balaban J connectivity index is 1.91. The fraction of sp³-hybridized carbons (Fsp3) is 0.125. The van der Waals surface area contributed by atoms with E-state index < -0.39 is 0 Å². The lowest BCUT2D eigenvalue weighted by atomic mass is 10.1. The Kier molecular flexibility index (Phi) is 3.75.